The fraction of sp³-hybridized carbons (Fsp3) is 1.00. The van der Waals surface area contributed by atoms with E-state index in [4.69, 9.17) is 5.11 Å². The van der Waals surface area contributed by atoms with Crippen molar-refractivity contribution in [3.8, 4) is 0 Å². The van der Waals surface area contributed by atoms with Gasteiger partial charge in [0.15, 0.2) is 0 Å². The molecule has 16 heavy (non-hydrogen) atoms. The summed E-state index contributed by atoms with van der Waals surface area (Å²) in [5, 5.41) is 12.4. The Morgan fingerprint density at radius 1 is 1.31 bits per heavy atom. The van der Waals surface area contributed by atoms with Crippen molar-refractivity contribution in [1.29, 1.82) is 0 Å². The topological polar surface area (TPSA) is 35.5 Å². The van der Waals surface area contributed by atoms with Crippen LogP contribution in [0.25, 0.3) is 0 Å². The number of hydrogen-bond acceptors (Lipinski definition) is 3. The lowest BCUT2D eigenvalue weighted by Gasteiger charge is -2.32. The van der Waals surface area contributed by atoms with Crippen molar-refractivity contribution in [2.75, 3.05) is 26.7 Å². The molecule has 0 aromatic heterocycles. The summed E-state index contributed by atoms with van der Waals surface area (Å²) in [6.45, 7) is 9.07. The smallest absolute Gasteiger partial charge is 0.0558 e. The van der Waals surface area contributed by atoms with Gasteiger partial charge in [-0.15, -0.1) is 0 Å². The van der Waals surface area contributed by atoms with Crippen LogP contribution in [0, 0.1) is 5.41 Å². The van der Waals surface area contributed by atoms with Crippen molar-refractivity contribution in [3.63, 3.8) is 0 Å². The molecule has 0 aliphatic heterocycles. The van der Waals surface area contributed by atoms with Gasteiger partial charge in [0.1, 0.15) is 0 Å². The van der Waals surface area contributed by atoms with Gasteiger partial charge in [-0.05, 0) is 31.7 Å². The average Bonchev–Trinajstić information content (AvgIpc) is 2.98. The van der Waals surface area contributed by atoms with Crippen LogP contribution in [-0.2, 0) is 0 Å². The highest BCUT2D eigenvalue weighted by molar-refractivity contribution is 4.87. The van der Waals surface area contributed by atoms with Crippen molar-refractivity contribution in [3.05, 3.63) is 0 Å². The van der Waals surface area contributed by atoms with Crippen LogP contribution in [0.1, 0.15) is 40.0 Å². The van der Waals surface area contributed by atoms with Gasteiger partial charge >= 0.3 is 0 Å². The molecule has 1 rings (SSSR count). The molecule has 2 N–H and O–H groups in total. The van der Waals surface area contributed by atoms with Crippen molar-refractivity contribution in [2.45, 2.75) is 52.1 Å². The third kappa shape index (κ3) is 4.40. The van der Waals surface area contributed by atoms with E-state index in [0.29, 0.717) is 11.5 Å². The van der Waals surface area contributed by atoms with Gasteiger partial charge in [0.2, 0.25) is 0 Å². The van der Waals surface area contributed by atoms with E-state index in [9.17, 15) is 0 Å². The second kappa shape index (κ2) is 5.99. The molecule has 0 saturated heterocycles. The normalized spacial score (nSPS) is 19.1. The van der Waals surface area contributed by atoms with E-state index in [1.807, 2.05) is 7.05 Å². The lowest BCUT2D eigenvalue weighted by Crippen LogP contribution is -2.42. The van der Waals surface area contributed by atoms with Crippen LogP contribution in [-0.4, -0.2) is 48.8 Å². The second-order valence-electron chi connectivity index (χ2n) is 5.99. The van der Waals surface area contributed by atoms with E-state index in [2.05, 4.69) is 31.0 Å². The highest BCUT2D eigenvalue weighted by Crippen LogP contribution is 2.28. The molecule has 0 amide bonds. The minimum absolute atomic E-state index is 0.288. The molecule has 0 radical (unpaired) electrons. The van der Waals surface area contributed by atoms with Crippen LogP contribution in [0.15, 0.2) is 0 Å². The van der Waals surface area contributed by atoms with Gasteiger partial charge in [0.05, 0.1) is 6.61 Å². The molecular formula is C13H28N2O. The van der Waals surface area contributed by atoms with E-state index in [1.54, 1.807) is 0 Å². The molecule has 3 heteroatoms. The first-order valence-electron chi connectivity index (χ1n) is 6.51. The summed E-state index contributed by atoms with van der Waals surface area (Å²) in [7, 11) is 2.05. The Morgan fingerprint density at radius 3 is 2.31 bits per heavy atom. The van der Waals surface area contributed by atoms with Gasteiger partial charge < -0.3 is 10.4 Å². The molecule has 1 unspecified atom stereocenters. The summed E-state index contributed by atoms with van der Waals surface area (Å²) >= 11 is 0. The summed E-state index contributed by atoms with van der Waals surface area (Å²) in [4.78, 5) is 2.44. The Bertz CT molecular complexity index is 197. The van der Waals surface area contributed by atoms with E-state index < -0.39 is 0 Å². The third-order valence-electron chi connectivity index (χ3n) is 3.55. The Labute approximate surface area is 100 Å². The molecule has 3 nitrogen and oxygen atoms in total. The van der Waals surface area contributed by atoms with Gasteiger partial charge in [0.25, 0.3) is 0 Å². The van der Waals surface area contributed by atoms with Crippen molar-refractivity contribution < 1.29 is 5.11 Å². The van der Waals surface area contributed by atoms with Crippen LogP contribution < -0.4 is 5.32 Å². The van der Waals surface area contributed by atoms with E-state index >= 15 is 0 Å². The van der Waals surface area contributed by atoms with Gasteiger partial charge in [-0.25, -0.2) is 0 Å². The van der Waals surface area contributed by atoms with Gasteiger partial charge in [-0.1, -0.05) is 20.8 Å². The van der Waals surface area contributed by atoms with Crippen LogP contribution in [0.2, 0.25) is 0 Å². The highest BCUT2D eigenvalue weighted by atomic mass is 16.3. The van der Waals surface area contributed by atoms with Crippen molar-refractivity contribution in [1.82, 2.24) is 10.2 Å². The van der Waals surface area contributed by atoms with Crippen molar-refractivity contribution in [2.24, 2.45) is 5.41 Å². The van der Waals surface area contributed by atoms with Gasteiger partial charge in [0, 0.05) is 25.2 Å². The minimum Gasteiger partial charge on any atom is -0.395 e. The summed E-state index contributed by atoms with van der Waals surface area (Å²) in [6.07, 6.45) is 3.80. The molecule has 0 aromatic carbocycles. The fourth-order valence-electron chi connectivity index (χ4n) is 2.35. The first-order valence-corrected chi connectivity index (χ1v) is 6.51. The van der Waals surface area contributed by atoms with Crippen molar-refractivity contribution >= 4 is 0 Å². The average molecular weight is 228 g/mol. The lowest BCUT2D eigenvalue weighted by molar-refractivity contribution is 0.167. The number of nitrogens with one attached hydrogen (secondary N) is 1. The van der Waals surface area contributed by atoms with Crippen LogP contribution >= 0.6 is 0 Å². The zero-order chi connectivity index (χ0) is 12.2. The largest absolute Gasteiger partial charge is 0.395 e. The number of aliphatic hydroxyl groups is 1. The SMILES string of the molecule is CNC(CCN(CCO)C1CC1)C(C)(C)C. The quantitative estimate of drug-likeness (QED) is 0.692. The molecule has 0 spiro atoms. The van der Waals surface area contributed by atoms with E-state index in [0.717, 1.165) is 25.6 Å². The Hall–Kier alpha value is -0.120. The second-order valence-corrected chi connectivity index (χ2v) is 5.99. The summed E-state index contributed by atoms with van der Waals surface area (Å²) in [5.41, 5.74) is 0.309. The standard InChI is InChI=1S/C13H28N2O/c1-13(2,3)12(14-4)7-8-15(9-10-16)11-5-6-11/h11-12,14,16H,5-10H2,1-4H3. The fourth-order valence-corrected chi connectivity index (χ4v) is 2.35. The number of rotatable bonds is 7. The molecule has 96 valence electrons. The zero-order valence-electron chi connectivity index (χ0n) is 11.3. The Balaban J connectivity index is 2.34. The van der Waals surface area contributed by atoms with Gasteiger partial charge in [-0.2, -0.15) is 0 Å². The van der Waals surface area contributed by atoms with Crippen LogP contribution in [0.4, 0.5) is 0 Å². The maximum Gasteiger partial charge on any atom is 0.0558 e. The molecule has 1 atom stereocenters. The molecule has 1 aliphatic rings. The molecule has 1 fully saturated rings. The zero-order valence-corrected chi connectivity index (χ0v) is 11.3. The summed E-state index contributed by atoms with van der Waals surface area (Å²) in [6, 6.07) is 1.30. The third-order valence-corrected chi connectivity index (χ3v) is 3.55. The van der Waals surface area contributed by atoms with Gasteiger partial charge in [-0.3, -0.25) is 4.90 Å². The first kappa shape index (κ1) is 13.9. The lowest BCUT2D eigenvalue weighted by atomic mass is 9.85. The Kier molecular flexibility index (Phi) is 5.22. The van der Waals surface area contributed by atoms with E-state index in [1.165, 1.54) is 12.8 Å². The predicted molar refractivity (Wildman–Crippen MR) is 68.6 cm³/mol. The van der Waals surface area contributed by atoms with E-state index in [-0.39, 0.29) is 6.61 Å². The number of nitrogens with zero attached hydrogens (tertiary/aromatic N) is 1. The Morgan fingerprint density at radius 2 is 1.94 bits per heavy atom. The predicted octanol–water partition coefficient (Wildman–Crippen LogP) is 1.47. The maximum absolute atomic E-state index is 9.04. The molecule has 1 saturated carbocycles. The minimum atomic E-state index is 0.288. The summed E-state index contributed by atoms with van der Waals surface area (Å²) in [5.74, 6) is 0. The van der Waals surface area contributed by atoms with Crippen LogP contribution in [0.5, 0.6) is 0 Å². The molecule has 1 aliphatic carbocycles. The number of aliphatic hydroxyl groups excluding tert-OH is 1. The summed E-state index contributed by atoms with van der Waals surface area (Å²) < 4.78 is 0. The molecule has 0 aromatic rings. The van der Waals surface area contributed by atoms with Crippen LogP contribution in [0.3, 0.4) is 0 Å². The molecular weight excluding hydrogens is 200 g/mol. The molecule has 0 bridgehead atoms. The maximum atomic E-state index is 9.04. The monoisotopic (exact) mass is 228 g/mol. The number of hydrogen-bond donors (Lipinski definition) is 2. The first-order chi connectivity index (χ1) is 7.49. The highest BCUT2D eigenvalue weighted by Gasteiger charge is 2.30. The molecule has 0 heterocycles.